The van der Waals surface area contributed by atoms with Gasteiger partial charge in [-0.05, 0) is 24.3 Å². The van der Waals surface area contributed by atoms with Crippen LogP contribution in [-0.2, 0) is 16.1 Å². The predicted octanol–water partition coefficient (Wildman–Crippen LogP) is 2.67. The van der Waals surface area contributed by atoms with E-state index in [1.54, 1.807) is 21.4 Å². The molecule has 2 amide bonds. The number of nitrogens with zero attached hydrogens (tertiary/aromatic N) is 5. The largest absolute Gasteiger partial charge is 0.485 e. The summed E-state index contributed by atoms with van der Waals surface area (Å²) in [7, 11) is 0. The van der Waals surface area contributed by atoms with Crippen molar-refractivity contribution in [2.24, 2.45) is 0 Å². The minimum absolute atomic E-state index is 0.0112. The van der Waals surface area contributed by atoms with Crippen LogP contribution < -0.4 is 9.47 Å². The number of carbonyl (C=O) groups excluding carboxylic acids is 2. The van der Waals surface area contributed by atoms with Gasteiger partial charge in [0.15, 0.2) is 17.3 Å². The molecule has 1 unspecified atom stereocenters. The molecule has 6 rings (SSSR count). The molecule has 2 aliphatic rings. The highest BCUT2D eigenvalue weighted by molar-refractivity contribution is 7.07. The number of benzene rings is 2. The number of rotatable bonds is 4. The Hall–Kier alpha value is -3.92. The Morgan fingerprint density at radius 2 is 1.71 bits per heavy atom. The standard InChI is InChI=1S/C25H23N5O4S/c31-23(13-30-19-6-2-1-5-17(19)27-24(30)18-15-35-16-26-18)28-9-11-29(12-10-28)25(32)22-14-33-20-7-3-4-8-21(20)34-22/h1-8,15-16,22H,9-14H2. The van der Waals surface area contributed by atoms with Crippen LogP contribution in [0.15, 0.2) is 59.4 Å². The van der Waals surface area contributed by atoms with Crippen molar-refractivity contribution in [2.75, 3.05) is 32.8 Å². The van der Waals surface area contributed by atoms with Crippen LogP contribution in [-0.4, -0.2) is 75.0 Å². The van der Waals surface area contributed by atoms with E-state index in [2.05, 4.69) is 4.98 Å². The van der Waals surface area contributed by atoms with Gasteiger partial charge in [0.2, 0.25) is 12.0 Å². The van der Waals surface area contributed by atoms with Crippen molar-refractivity contribution in [3.63, 3.8) is 0 Å². The van der Waals surface area contributed by atoms with Gasteiger partial charge in [0.25, 0.3) is 5.91 Å². The number of imidazole rings is 1. The number of ether oxygens (including phenoxy) is 2. The van der Waals surface area contributed by atoms with Crippen molar-refractivity contribution in [1.82, 2.24) is 24.3 Å². The van der Waals surface area contributed by atoms with Crippen molar-refractivity contribution in [3.05, 3.63) is 59.4 Å². The minimum Gasteiger partial charge on any atom is -0.485 e. The van der Waals surface area contributed by atoms with Gasteiger partial charge in [-0.1, -0.05) is 24.3 Å². The van der Waals surface area contributed by atoms with Crippen molar-refractivity contribution in [3.8, 4) is 23.0 Å². The molecule has 0 radical (unpaired) electrons. The van der Waals surface area contributed by atoms with Crippen LogP contribution in [0.3, 0.4) is 0 Å². The summed E-state index contributed by atoms with van der Waals surface area (Å²) in [6, 6.07) is 15.1. The number of carbonyl (C=O) groups is 2. The van der Waals surface area contributed by atoms with Crippen LogP contribution >= 0.6 is 11.3 Å². The van der Waals surface area contributed by atoms with Crippen LogP contribution in [0.5, 0.6) is 11.5 Å². The number of para-hydroxylation sites is 4. The van der Waals surface area contributed by atoms with Crippen molar-refractivity contribution < 1.29 is 19.1 Å². The predicted molar refractivity (Wildman–Crippen MR) is 130 cm³/mol. The van der Waals surface area contributed by atoms with E-state index < -0.39 is 6.10 Å². The second kappa shape index (κ2) is 9.03. The maximum Gasteiger partial charge on any atom is 0.267 e. The molecule has 2 aromatic heterocycles. The van der Waals surface area contributed by atoms with Crippen molar-refractivity contribution in [1.29, 1.82) is 0 Å². The second-order valence-electron chi connectivity index (χ2n) is 8.45. The Balaban J connectivity index is 1.12. The topological polar surface area (TPSA) is 89.8 Å². The summed E-state index contributed by atoms with van der Waals surface area (Å²) in [5, 5.41) is 1.93. The van der Waals surface area contributed by atoms with Gasteiger partial charge < -0.3 is 23.8 Å². The van der Waals surface area contributed by atoms with Gasteiger partial charge in [-0.3, -0.25) is 9.59 Å². The zero-order valence-electron chi connectivity index (χ0n) is 18.9. The van der Waals surface area contributed by atoms with Gasteiger partial charge in [-0.2, -0.15) is 0 Å². The molecule has 10 heteroatoms. The lowest BCUT2D eigenvalue weighted by Crippen LogP contribution is -2.55. The number of hydrogen-bond acceptors (Lipinski definition) is 7. The van der Waals surface area contributed by atoms with Crippen LogP contribution in [0.1, 0.15) is 0 Å². The highest BCUT2D eigenvalue weighted by atomic mass is 32.1. The fourth-order valence-electron chi connectivity index (χ4n) is 4.51. The van der Waals surface area contributed by atoms with Gasteiger partial charge in [-0.15, -0.1) is 11.3 Å². The molecular weight excluding hydrogens is 466 g/mol. The van der Waals surface area contributed by atoms with E-state index in [0.29, 0.717) is 43.5 Å². The number of aromatic nitrogens is 3. The molecule has 4 heterocycles. The summed E-state index contributed by atoms with van der Waals surface area (Å²) in [5.41, 5.74) is 4.24. The van der Waals surface area contributed by atoms with Gasteiger partial charge in [-0.25, -0.2) is 9.97 Å². The molecule has 0 bridgehead atoms. The third kappa shape index (κ3) is 4.10. The summed E-state index contributed by atoms with van der Waals surface area (Å²) in [6.07, 6.45) is -0.676. The maximum atomic E-state index is 13.3. The zero-order valence-corrected chi connectivity index (χ0v) is 19.7. The Morgan fingerprint density at radius 1 is 0.971 bits per heavy atom. The normalized spacial score (nSPS) is 17.5. The second-order valence-corrected chi connectivity index (χ2v) is 9.17. The fraction of sp³-hybridized carbons (Fsp3) is 0.280. The number of piperazine rings is 1. The summed E-state index contributed by atoms with van der Waals surface area (Å²) in [6.45, 7) is 2.19. The molecule has 0 aliphatic carbocycles. The van der Waals surface area contributed by atoms with E-state index in [9.17, 15) is 9.59 Å². The molecule has 0 spiro atoms. The first-order valence-corrected chi connectivity index (χ1v) is 12.4. The Kier molecular flexibility index (Phi) is 5.57. The van der Waals surface area contributed by atoms with Gasteiger partial charge in [0, 0.05) is 31.6 Å². The number of hydrogen-bond donors (Lipinski definition) is 0. The molecule has 2 aliphatic heterocycles. The van der Waals surface area contributed by atoms with E-state index >= 15 is 0 Å². The first kappa shape index (κ1) is 21.6. The zero-order chi connectivity index (χ0) is 23.8. The molecule has 4 aromatic rings. The quantitative estimate of drug-likeness (QED) is 0.438. The Labute approximate surface area is 205 Å². The van der Waals surface area contributed by atoms with Gasteiger partial charge in [0.05, 0.1) is 16.5 Å². The first-order valence-electron chi connectivity index (χ1n) is 11.5. The van der Waals surface area contributed by atoms with E-state index in [1.807, 2.05) is 52.4 Å². The molecule has 1 atom stereocenters. The molecule has 178 valence electrons. The van der Waals surface area contributed by atoms with E-state index in [0.717, 1.165) is 16.7 Å². The Morgan fingerprint density at radius 3 is 2.51 bits per heavy atom. The third-order valence-corrected chi connectivity index (χ3v) is 6.92. The fourth-order valence-corrected chi connectivity index (χ4v) is 5.04. The lowest BCUT2D eigenvalue weighted by molar-refractivity contribution is -0.146. The SMILES string of the molecule is O=C(Cn1c(-c2cscn2)nc2ccccc21)N1CCN(C(=O)C2COc3ccccc3O2)CC1. The van der Waals surface area contributed by atoms with Crippen molar-refractivity contribution in [2.45, 2.75) is 12.6 Å². The number of fused-ring (bicyclic) bond motifs is 2. The average Bonchev–Trinajstić information content (AvgIpc) is 3.56. The van der Waals surface area contributed by atoms with E-state index in [1.165, 1.54) is 11.3 Å². The molecule has 9 nitrogen and oxygen atoms in total. The Bertz CT molecular complexity index is 1380. The first-order chi connectivity index (χ1) is 17.2. The highest BCUT2D eigenvalue weighted by Gasteiger charge is 2.33. The summed E-state index contributed by atoms with van der Waals surface area (Å²) >= 11 is 1.49. The minimum atomic E-state index is -0.676. The molecule has 2 aromatic carbocycles. The average molecular weight is 490 g/mol. The highest BCUT2D eigenvalue weighted by Crippen LogP contribution is 2.31. The molecule has 0 saturated carbocycles. The van der Waals surface area contributed by atoms with Crippen molar-refractivity contribution >= 4 is 34.2 Å². The van der Waals surface area contributed by atoms with Crippen LogP contribution in [0.25, 0.3) is 22.6 Å². The smallest absolute Gasteiger partial charge is 0.267 e. The van der Waals surface area contributed by atoms with Crippen LogP contribution in [0.2, 0.25) is 0 Å². The van der Waals surface area contributed by atoms with Gasteiger partial charge in [0.1, 0.15) is 18.8 Å². The monoisotopic (exact) mass is 489 g/mol. The molecule has 1 saturated heterocycles. The van der Waals surface area contributed by atoms with Gasteiger partial charge >= 0.3 is 0 Å². The molecular formula is C25H23N5O4S. The molecule has 35 heavy (non-hydrogen) atoms. The van der Waals surface area contributed by atoms with Crippen LogP contribution in [0, 0.1) is 0 Å². The lowest BCUT2D eigenvalue weighted by Gasteiger charge is -2.37. The summed E-state index contributed by atoms with van der Waals surface area (Å²) < 4.78 is 13.5. The van der Waals surface area contributed by atoms with E-state index in [-0.39, 0.29) is 25.0 Å². The van der Waals surface area contributed by atoms with E-state index in [4.69, 9.17) is 14.5 Å². The summed E-state index contributed by atoms with van der Waals surface area (Å²) in [4.78, 5) is 38.9. The van der Waals surface area contributed by atoms with Crippen LogP contribution in [0.4, 0.5) is 0 Å². The number of amides is 2. The number of thiazole rings is 1. The molecule has 1 fully saturated rings. The lowest BCUT2D eigenvalue weighted by atomic mass is 10.2. The maximum absolute atomic E-state index is 13.3. The molecule has 0 N–H and O–H groups in total. The summed E-state index contributed by atoms with van der Waals surface area (Å²) in [5.74, 6) is 1.79. The third-order valence-electron chi connectivity index (χ3n) is 6.34.